The van der Waals surface area contributed by atoms with Crippen LogP contribution in [0.2, 0.25) is 0 Å². The van der Waals surface area contributed by atoms with E-state index < -0.39 is 5.54 Å². The van der Waals surface area contributed by atoms with E-state index in [1.807, 2.05) is 6.21 Å². The fourth-order valence-corrected chi connectivity index (χ4v) is 6.39. The number of likely N-dealkylation sites (N-methyl/N-ethyl adjacent to an activating group) is 2. The van der Waals surface area contributed by atoms with Crippen molar-refractivity contribution < 1.29 is 0 Å². The molecular weight excluding hydrogens is 460 g/mol. The van der Waals surface area contributed by atoms with Crippen LogP contribution in [0.25, 0.3) is 10.2 Å². The Kier molecular flexibility index (Phi) is 6.29. The summed E-state index contributed by atoms with van der Waals surface area (Å²) in [5.74, 6) is 0. The van der Waals surface area contributed by atoms with Gasteiger partial charge in [0, 0.05) is 75.2 Å². The number of benzene rings is 1. The lowest BCUT2D eigenvalue weighted by Gasteiger charge is -2.41. The molecule has 3 aliphatic rings. The molecule has 0 aliphatic carbocycles. The first-order chi connectivity index (χ1) is 16.2. The number of rotatable bonds is 3. The van der Waals surface area contributed by atoms with Crippen LogP contribution < -0.4 is 4.90 Å². The van der Waals surface area contributed by atoms with E-state index >= 15 is 0 Å². The second kappa shape index (κ2) is 8.97. The molecule has 5 rings (SSSR count). The number of hydrogen-bond acceptors (Lipinski definition) is 7. The molecule has 0 N–H and O–H groups in total. The molecule has 1 atom stereocenters. The molecular formula is C26H36N6S2. The molecule has 2 aromatic rings. The lowest BCUT2D eigenvalue weighted by molar-refractivity contribution is 0.212. The molecule has 0 spiro atoms. The van der Waals surface area contributed by atoms with E-state index in [2.05, 4.69) is 78.8 Å². The minimum Gasteiger partial charge on any atom is -0.369 e. The summed E-state index contributed by atoms with van der Waals surface area (Å²) in [6, 6.07) is 4.64. The smallest absolute Gasteiger partial charge is 0.156 e. The van der Waals surface area contributed by atoms with Gasteiger partial charge in [0.25, 0.3) is 0 Å². The van der Waals surface area contributed by atoms with Gasteiger partial charge in [-0.3, -0.25) is 4.99 Å². The molecule has 0 radical (unpaired) electrons. The van der Waals surface area contributed by atoms with E-state index in [0.717, 1.165) is 62.9 Å². The van der Waals surface area contributed by atoms with E-state index in [1.165, 1.54) is 21.0 Å². The molecule has 34 heavy (non-hydrogen) atoms. The van der Waals surface area contributed by atoms with Gasteiger partial charge in [0.1, 0.15) is 4.99 Å². The van der Waals surface area contributed by atoms with E-state index in [9.17, 15) is 0 Å². The highest BCUT2D eigenvalue weighted by atomic mass is 32.1. The lowest BCUT2D eigenvalue weighted by Crippen LogP contribution is -2.52. The zero-order valence-corrected chi connectivity index (χ0v) is 22.7. The minimum atomic E-state index is -0.635. The van der Waals surface area contributed by atoms with Crippen molar-refractivity contribution in [1.82, 2.24) is 19.7 Å². The van der Waals surface area contributed by atoms with Gasteiger partial charge in [-0.2, -0.15) is 0 Å². The van der Waals surface area contributed by atoms with Crippen LogP contribution in [0.5, 0.6) is 0 Å². The molecule has 182 valence electrons. The van der Waals surface area contributed by atoms with Crippen LogP contribution in [0.1, 0.15) is 31.3 Å². The van der Waals surface area contributed by atoms with Gasteiger partial charge in [-0.15, -0.1) is 11.3 Å². The van der Waals surface area contributed by atoms with Gasteiger partial charge in [0.05, 0.1) is 15.2 Å². The quantitative estimate of drug-likeness (QED) is 0.603. The van der Waals surface area contributed by atoms with Crippen molar-refractivity contribution in [3.05, 3.63) is 34.9 Å². The molecule has 0 amide bonds. The largest absolute Gasteiger partial charge is 0.369 e. The third-order valence-corrected chi connectivity index (χ3v) is 9.23. The van der Waals surface area contributed by atoms with Crippen molar-refractivity contribution in [3.8, 4) is 0 Å². The second-order valence-electron chi connectivity index (χ2n) is 10.9. The van der Waals surface area contributed by atoms with Crippen molar-refractivity contribution >= 4 is 50.7 Å². The average Bonchev–Trinajstić information content (AvgIpc) is 3.46. The number of aromatic nitrogens is 1. The highest BCUT2D eigenvalue weighted by Crippen LogP contribution is 2.43. The summed E-state index contributed by atoms with van der Waals surface area (Å²) in [5.41, 5.74) is 2.90. The SMILES string of the molecule is CN1CCN(C(=S)C2(c3cc4sc(C(C)(C)C)nc4cc3N3CCN(C)CC3)C=CC=N2)CC1. The zero-order valence-electron chi connectivity index (χ0n) is 21.0. The fourth-order valence-electron chi connectivity index (χ4n) is 4.94. The van der Waals surface area contributed by atoms with Gasteiger partial charge in [0.15, 0.2) is 5.54 Å². The summed E-state index contributed by atoms with van der Waals surface area (Å²) < 4.78 is 1.22. The highest BCUT2D eigenvalue weighted by molar-refractivity contribution is 7.80. The molecule has 1 aromatic heterocycles. The Bertz CT molecular complexity index is 1120. The first-order valence-electron chi connectivity index (χ1n) is 12.3. The van der Waals surface area contributed by atoms with Crippen LogP contribution in [0.4, 0.5) is 5.69 Å². The molecule has 4 heterocycles. The predicted molar refractivity (Wildman–Crippen MR) is 149 cm³/mol. The van der Waals surface area contributed by atoms with Gasteiger partial charge in [0.2, 0.25) is 0 Å². The molecule has 1 aromatic carbocycles. The zero-order chi connectivity index (χ0) is 24.1. The summed E-state index contributed by atoms with van der Waals surface area (Å²) in [6.07, 6.45) is 6.20. The van der Waals surface area contributed by atoms with Crippen molar-refractivity contribution in [3.63, 3.8) is 0 Å². The van der Waals surface area contributed by atoms with Crippen LogP contribution in [0, 0.1) is 0 Å². The average molecular weight is 497 g/mol. The monoisotopic (exact) mass is 496 g/mol. The second-order valence-corrected chi connectivity index (χ2v) is 12.3. The third-order valence-electron chi connectivity index (χ3n) is 7.22. The summed E-state index contributed by atoms with van der Waals surface area (Å²) in [4.78, 5) is 20.7. The molecule has 6 nitrogen and oxygen atoms in total. The predicted octanol–water partition coefficient (Wildman–Crippen LogP) is 3.76. The molecule has 0 saturated carbocycles. The summed E-state index contributed by atoms with van der Waals surface area (Å²) in [5, 5.41) is 1.17. The standard InChI is InChI=1S/C26H36N6S2/c1-25(2,3)23-28-20-18-21(31-13-9-29(4)10-14-31)19(17-22(20)34-23)26(7-6-8-27-26)24(33)32-15-11-30(5)12-16-32/h6-8,17-18H,9-16H2,1-5H3. The Morgan fingerprint density at radius 2 is 1.62 bits per heavy atom. The first-order valence-corrected chi connectivity index (χ1v) is 13.5. The number of thiocarbonyl (C=S) groups is 1. The minimum absolute atomic E-state index is 0.0239. The number of hydrogen-bond donors (Lipinski definition) is 0. The lowest BCUT2D eigenvalue weighted by atomic mass is 9.87. The van der Waals surface area contributed by atoms with Crippen molar-refractivity contribution in [2.75, 3.05) is 71.4 Å². The maximum atomic E-state index is 6.24. The van der Waals surface area contributed by atoms with E-state index in [0.29, 0.717) is 0 Å². The van der Waals surface area contributed by atoms with Gasteiger partial charge in [-0.05, 0) is 38.4 Å². The Hall–Kier alpha value is -1.87. The van der Waals surface area contributed by atoms with Crippen LogP contribution in [0.15, 0.2) is 29.3 Å². The van der Waals surface area contributed by atoms with Crippen LogP contribution in [0.3, 0.4) is 0 Å². The van der Waals surface area contributed by atoms with Crippen LogP contribution in [-0.4, -0.2) is 97.3 Å². The van der Waals surface area contributed by atoms with Crippen molar-refractivity contribution in [2.45, 2.75) is 31.7 Å². The number of allylic oxidation sites excluding steroid dienone is 1. The first kappa shape index (κ1) is 23.9. The van der Waals surface area contributed by atoms with Gasteiger partial charge in [-0.1, -0.05) is 33.0 Å². The van der Waals surface area contributed by atoms with Gasteiger partial charge < -0.3 is 19.6 Å². The van der Waals surface area contributed by atoms with Gasteiger partial charge in [-0.25, -0.2) is 4.98 Å². The van der Waals surface area contributed by atoms with Crippen molar-refractivity contribution in [1.29, 1.82) is 0 Å². The highest BCUT2D eigenvalue weighted by Gasteiger charge is 2.42. The molecule has 2 saturated heterocycles. The van der Waals surface area contributed by atoms with Crippen LogP contribution >= 0.6 is 23.6 Å². The van der Waals surface area contributed by atoms with E-state index in [-0.39, 0.29) is 5.41 Å². The molecule has 8 heteroatoms. The number of fused-ring (bicyclic) bond motifs is 1. The number of nitrogens with zero attached hydrogens (tertiary/aromatic N) is 6. The molecule has 0 bridgehead atoms. The summed E-state index contributed by atoms with van der Waals surface area (Å²) in [6.45, 7) is 14.8. The third kappa shape index (κ3) is 4.30. The molecule has 3 aliphatic heterocycles. The molecule has 1 unspecified atom stereocenters. The topological polar surface area (TPSA) is 38.2 Å². The normalized spacial score (nSPS) is 24.5. The number of piperazine rings is 2. The summed E-state index contributed by atoms with van der Waals surface area (Å²) in [7, 11) is 4.38. The number of aliphatic imine (C=N–C) groups is 1. The fraction of sp³-hybridized carbons (Fsp3) is 0.577. The Labute approximate surface area is 212 Å². The number of anilines is 1. The Balaban J connectivity index is 1.64. The van der Waals surface area contributed by atoms with Crippen LogP contribution in [-0.2, 0) is 11.0 Å². The maximum Gasteiger partial charge on any atom is 0.156 e. The maximum absolute atomic E-state index is 6.24. The molecule has 2 fully saturated rings. The van der Waals surface area contributed by atoms with E-state index in [4.69, 9.17) is 22.2 Å². The van der Waals surface area contributed by atoms with E-state index in [1.54, 1.807) is 11.3 Å². The van der Waals surface area contributed by atoms with Crippen molar-refractivity contribution in [2.24, 2.45) is 4.99 Å². The Morgan fingerprint density at radius 1 is 0.971 bits per heavy atom. The number of thiazole rings is 1. The Morgan fingerprint density at radius 3 is 2.21 bits per heavy atom. The summed E-state index contributed by atoms with van der Waals surface area (Å²) >= 11 is 8.04. The van der Waals surface area contributed by atoms with Gasteiger partial charge >= 0.3 is 0 Å².